The Morgan fingerprint density at radius 3 is 2.95 bits per heavy atom. The summed E-state index contributed by atoms with van der Waals surface area (Å²) in [6, 6.07) is 6.94. The highest BCUT2D eigenvalue weighted by atomic mass is 79.9. The van der Waals surface area contributed by atoms with Crippen LogP contribution in [0.1, 0.15) is 16.1 Å². The van der Waals surface area contributed by atoms with Crippen LogP contribution >= 0.6 is 15.9 Å². The first-order valence-electron chi connectivity index (χ1n) is 6.15. The van der Waals surface area contributed by atoms with Gasteiger partial charge in [-0.3, -0.25) is 0 Å². The number of carboxylic acid groups (broad SMARTS) is 1. The molecule has 0 unspecified atom stereocenters. The van der Waals surface area contributed by atoms with Crippen molar-refractivity contribution in [1.29, 1.82) is 0 Å². The lowest BCUT2D eigenvalue weighted by Crippen LogP contribution is -2.01. The van der Waals surface area contributed by atoms with Crippen LogP contribution in [0, 0.1) is 6.92 Å². The number of hydrogen-bond acceptors (Lipinski definition) is 4. The molecule has 6 nitrogen and oxygen atoms in total. The first kappa shape index (κ1) is 13.6. The van der Waals surface area contributed by atoms with Crippen molar-refractivity contribution in [2.24, 2.45) is 0 Å². The van der Waals surface area contributed by atoms with Gasteiger partial charge in [0.1, 0.15) is 5.52 Å². The fourth-order valence-electron chi connectivity index (χ4n) is 2.04. The van der Waals surface area contributed by atoms with Crippen LogP contribution in [0.5, 0.6) is 0 Å². The summed E-state index contributed by atoms with van der Waals surface area (Å²) in [6.45, 7) is 1.90. The zero-order chi connectivity index (χ0) is 15.0. The first-order valence-corrected chi connectivity index (χ1v) is 6.95. The van der Waals surface area contributed by atoms with E-state index < -0.39 is 5.97 Å². The second-order valence-electron chi connectivity index (χ2n) is 4.52. The number of nitrogens with zero attached hydrogens (tertiary/aromatic N) is 3. The van der Waals surface area contributed by atoms with Crippen LogP contribution in [0.3, 0.4) is 0 Å². The number of fused-ring (bicyclic) bond motifs is 1. The molecule has 2 heterocycles. The maximum atomic E-state index is 11.2. The van der Waals surface area contributed by atoms with Crippen molar-refractivity contribution < 1.29 is 9.90 Å². The average Bonchev–Trinajstić information content (AvgIpc) is 2.82. The molecule has 2 aromatic heterocycles. The number of aryl methyl sites for hydroxylation is 1. The molecule has 3 rings (SSSR count). The molecule has 3 aromatic rings. The van der Waals surface area contributed by atoms with E-state index in [2.05, 4.69) is 31.3 Å². The van der Waals surface area contributed by atoms with Crippen molar-refractivity contribution in [3.63, 3.8) is 0 Å². The second kappa shape index (κ2) is 5.17. The van der Waals surface area contributed by atoms with Crippen LogP contribution in [-0.2, 0) is 0 Å². The molecule has 21 heavy (non-hydrogen) atoms. The maximum Gasteiger partial charge on any atom is 0.336 e. The number of benzene rings is 1. The number of aromatic nitrogens is 3. The van der Waals surface area contributed by atoms with Crippen molar-refractivity contribution in [2.45, 2.75) is 6.92 Å². The van der Waals surface area contributed by atoms with Crippen LogP contribution in [0.2, 0.25) is 0 Å². The van der Waals surface area contributed by atoms with E-state index in [-0.39, 0.29) is 5.56 Å². The van der Waals surface area contributed by atoms with Crippen LogP contribution in [0.15, 0.2) is 41.1 Å². The van der Waals surface area contributed by atoms with Gasteiger partial charge in [0.2, 0.25) is 0 Å². The Bertz CT molecular complexity index is 844. The Kier molecular flexibility index (Phi) is 3.34. The van der Waals surface area contributed by atoms with Crippen molar-refractivity contribution in [3.8, 4) is 0 Å². The van der Waals surface area contributed by atoms with E-state index in [1.165, 1.54) is 0 Å². The third-order valence-electron chi connectivity index (χ3n) is 2.97. The van der Waals surface area contributed by atoms with E-state index in [4.69, 9.17) is 5.11 Å². The Hall–Kier alpha value is -2.41. The van der Waals surface area contributed by atoms with Gasteiger partial charge in [-0.1, -0.05) is 0 Å². The summed E-state index contributed by atoms with van der Waals surface area (Å²) in [4.78, 5) is 15.4. The summed E-state index contributed by atoms with van der Waals surface area (Å²) in [5, 5.41) is 16.6. The zero-order valence-corrected chi connectivity index (χ0v) is 12.6. The van der Waals surface area contributed by atoms with Gasteiger partial charge in [-0.05, 0) is 47.1 Å². The molecule has 0 aliphatic heterocycles. The topological polar surface area (TPSA) is 79.5 Å². The highest BCUT2D eigenvalue weighted by molar-refractivity contribution is 9.10. The standard InChI is InChI=1S/C14H11BrN4O2/c1-8-6-12-13(16-4-5-19(12)18-8)17-9-2-3-11(15)10(7-9)14(20)21/h2-7H,1H3,(H,16,17)(H,20,21). The van der Waals surface area contributed by atoms with Crippen molar-refractivity contribution in [3.05, 3.63) is 52.4 Å². The van der Waals surface area contributed by atoms with E-state index in [0.29, 0.717) is 16.0 Å². The highest BCUT2D eigenvalue weighted by Crippen LogP contribution is 2.25. The predicted molar refractivity (Wildman–Crippen MR) is 82.1 cm³/mol. The number of halogens is 1. The third kappa shape index (κ3) is 2.59. The molecule has 2 N–H and O–H groups in total. The lowest BCUT2D eigenvalue weighted by molar-refractivity contribution is 0.0696. The molecule has 0 saturated heterocycles. The van der Waals surface area contributed by atoms with E-state index >= 15 is 0 Å². The van der Waals surface area contributed by atoms with Crippen LogP contribution < -0.4 is 5.32 Å². The molecule has 0 radical (unpaired) electrons. The second-order valence-corrected chi connectivity index (χ2v) is 5.37. The number of hydrogen-bond donors (Lipinski definition) is 2. The minimum Gasteiger partial charge on any atom is -0.478 e. The number of anilines is 2. The van der Waals surface area contributed by atoms with Gasteiger partial charge in [-0.15, -0.1) is 0 Å². The van der Waals surface area contributed by atoms with Gasteiger partial charge < -0.3 is 10.4 Å². The predicted octanol–water partition coefficient (Wildman–Crippen LogP) is 3.24. The fourth-order valence-corrected chi connectivity index (χ4v) is 2.46. The zero-order valence-electron chi connectivity index (χ0n) is 11.0. The highest BCUT2D eigenvalue weighted by Gasteiger charge is 2.11. The summed E-state index contributed by atoms with van der Waals surface area (Å²) in [5.41, 5.74) is 2.55. The van der Waals surface area contributed by atoms with Crippen molar-refractivity contribution in [2.75, 3.05) is 5.32 Å². The van der Waals surface area contributed by atoms with E-state index in [9.17, 15) is 4.79 Å². The van der Waals surface area contributed by atoms with E-state index in [1.54, 1.807) is 35.1 Å². The summed E-state index contributed by atoms with van der Waals surface area (Å²) >= 11 is 3.22. The van der Waals surface area contributed by atoms with Crippen LogP contribution in [0.4, 0.5) is 11.5 Å². The number of rotatable bonds is 3. The smallest absolute Gasteiger partial charge is 0.336 e. The Balaban J connectivity index is 2.02. The average molecular weight is 347 g/mol. The van der Waals surface area contributed by atoms with Gasteiger partial charge in [-0.2, -0.15) is 5.10 Å². The number of aromatic carboxylic acids is 1. The fraction of sp³-hybridized carbons (Fsp3) is 0.0714. The first-order chi connectivity index (χ1) is 10.0. The largest absolute Gasteiger partial charge is 0.478 e. The van der Waals surface area contributed by atoms with E-state index in [1.807, 2.05) is 13.0 Å². The minimum atomic E-state index is -0.989. The molecule has 0 spiro atoms. The van der Waals surface area contributed by atoms with Crippen molar-refractivity contribution >= 4 is 38.9 Å². The lowest BCUT2D eigenvalue weighted by atomic mass is 10.2. The molecule has 0 atom stereocenters. The third-order valence-corrected chi connectivity index (χ3v) is 3.66. The number of carbonyl (C=O) groups is 1. The molecule has 0 aliphatic rings. The molecular weight excluding hydrogens is 336 g/mol. The molecule has 7 heteroatoms. The van der Waals surface area contributed by atoms with Crippen molar-refractivity contribution in [1.82, 2.24) is 14.6 Å². The van der Waals surface area contributed by atoms with Gasteiger partial charge in [-0.25, -0.2) is 14.3 Å². The van der Waals surface area contributed by atoms with Gasteiger partial charge in [0, 0.05) is 22.6 Å². The maximum absolute atomic E-state index is 11.2. The van der Waals surface area contributed by atoms with Gasteiger partial charge in [0.05, 0.1) is 11.3 Å². The molecule has 1 aromatic carbocycles. The minimum absolute atomic E-state index is 0.191. The quantitative estimate of drug-likeness (QED) is 0.760. The normalized spacial score (nSPS) is 10.8. The van der Waals surface area contributed by atoms with Gasteiger partial charge in [0.25, 0.3) is 0 Å². The monoisotopic (exact) mass is 346 g/mol. The molecule has 0 amide bonds. The molecule has 0 fully saturated rings. The Morgan fingerprint density at radius 1 is 1.38 bits per heavy atom. The SMILES string of the molecule is Cc1cc2c(Nc3ccc(Br)c(C(=O)O)c3)nccn2n1. The molecule has 0 aliphatic carbocycles. The summed E-state index contributed by atoms with van der Waals surface area (Å²) in [7, 11) is 0. The summed E-state index contributed by atoms with van der Waals surface area (Å²) in [6.07, 6.45) is 3.40. The van der Waals surface area contributed by atoms with E-state index in [0.717, 1.165) is 11.2 Å². The summed E-state index contributed by atoms with van der Waals surface area (Å²) in [5.74, 6) is -0.367. The Morgan fingerprint density at radius 2 is 2.19 bits per heavy atom. The van der Waals surface area contributed by atoms with Gasteiger partial charge in [0.15, 0.2) is 5.82 Å². The summed E-state index contributed by atoms with van der Waals surface area (Å²) < 4.78 is 2.26. The molecule has 0 saturated carbocycles. The molecule has 106 valence electrons. The lowest BCUT2D eigenvalue weighted by Gasteiger charge is -2.08. The number of nitrogens with one attached hydrogen (secondary N) is 1. The van der Waals surface area contributed by atoms with Crippen LogP contribution in [0.25, 0.3) is 5.52 Å². The molecular formula is C14H11BrN4O2. The number of carboxylic acids is 1. The van der Waals surface area contributed by atoms with Gasteiger partial charge >= 0.3 is 5.97 Å². The van der Waals surface area contributed by atoms with Crippen LogP contribution in [-0.4, -0.2) is 25.7 Å². The molecule has 0 bridgehead atoms. The Labute approximate surface area is 128 Å².